The summed E-state index contributed by atoms with van der Waals surface area (Å²) in [5.41, 5.74) is 0. The summed E-state index contributed by atoms with van der Waals surface area (Å²) in [7, 11) is -1.60. The zero-order valence-electron chi connectivity index (χ0n) is 5.71. The molecule has 0 bridgehead atoms. The van der Waals surface area contributed by atoms with Crippen LogP contribution in [0.1, 0.15) is 26.2 Å². The summed E-state index contributed by atoms with van der Waals surface area (Å²) < 4.78 is 4.46. The first-order valence-electron chi connectivity index (χ1n) is 3.25. The SMILES string of the molecule is CCCCCOB(O)O. The minimum absolute atomic E-state index is 0.436. The molecule has 54 valence electrons. The molecule has 0 saturated carbocycles. The van der Waals surface area contributed by atoms with E-state index in [-0.39, 0.29) is 0 Å². The Morgan fingerprint density at radius 1 is 1.33 bits per heavy atom. The minimum Gasteiger partial charge on any atom is -0.402 e. The Balaban J connectivity index is 2.75. The van der Waals surface area contributed by atoms with Crippen molar-refractivity contribution in [2.45, 2.75) is 26.2 Å². The summed E-state index contributed by atoms with van der Waals surface area (Å²) in [6.07, 6.45) is 3.09. The van der Waals surface area contributed by atoms with Gasteiger partial charge in [0.15, 0.2) is 0 Å². The Morgan fingerprint density at radius 2 is 2.00 bits per heavy atom. The van der Waals surface area contributed by atoms with E-state index in [1.54, 1.807) is 0 Å². The van der Waals surface area contributed by atoms with E-state index in [1.807, 2.05) is 0 Å². The monoisotopic (exact) mass is 132 g/mol. The molecule has 0 heterocycles. The van der Waals surface area contributed by atoms with Crippen LogP contribution in [0.15, 0.2) is 0 Å². The lowest BCUT2D eigenvalue weighted by molar-refractivity contribution is 0.182. The molecular weight excluding hydrogens is 119 g/mol. The van der Waals surface area contributed by atoms with Gasteiger partial charge in [-0.2, -0.15) is 0 Å². The highest BCUT2D eigenvalue weighted by atomic mass is 16.6. The normalized spacial score (nSPS) is 9.67. The number of hydrogen-bond donors (Lipinski definition) is 2. The van der Waals surface area contributed by atoms with Crippen LogP contribution < -0.4 is 0 Å². The second-order valence-corrected chi connectivity index (χ2v) is 1.90. The van der Waals surface area contributed by atoms with Gasteiger partial charge in [-0.15, -0.1) is 0 Å². The molecular formula is C5H13BO3. The highest BCUT2D eigenvalue weighted by molar-refractivity contribution is 6.32. The summed E-state index contributed by atoms with van der Waals surface area (Å²) in [6, 6.07) is 0. The van der Waals surface area contributed by atoms with Crippen LogP contribution in [0.4, 0.5) is 0 Å². The quantitative estimate of drug-likeness (QED) is 0.413. The van der Waals surface area contributed by atoms with Gasteiger partial charge in [0.2, 0.25) is 0 Å². The maximum Gasteiger partial charge on any atom is 0.633 e. The fourth-order valence-corrected chi connectivity index (χ4v) is 0.541. The molecule has 0 radical (unpaired) electrons. The second kappa shape index (κ2) is 6.07. The molecule has 0 atom stereocenters. The largest absolute Gasteiger partial charge is 0.633 e. The molecule has 2 N–H and O–H groups in total. The number of rotatable bonds is 5. The maximum absolute atomic E-state index is 8.19. The van der Waals surface area contributed by atoms with E-state index in [1.165, 1.54) is 0 Å². The van der Waals surface area contributed by atoms with Crippen molar-refractivity contribution in [3.05, 3.63) is 0 Å². The highest BCUT2D eigenvalue weighted by Gasteiger charge is 2.05. The van der Waals surface area contributed by atoms with Crippen molar-refractivity contribution >= 4 is 7.32 Å². The Bertz CT molecular complexity index is 58.2. The van der Waals surface area contributed by atoms with Gasteiger partial charge in [-0.1, -0.05) is 19.8 Å². The predicted molar refractivity (Wildman–Crippen MR) is 35.7 cm³/mol. The van der Waals surface area contributed by atoms with Crippen LogP contribution in [0.2, 0.25) is 0 Å². The number of unbranched alkanes of at least 4 members (excludes halogenated alkanes) is 2. The standard InChI is InChI=1S/C5H13BO3/c1-2-3-4-5-9-6(7)8/h7-8H,2-5H2,1H3. The maximum atomic E-state index is 8.19. The summed E-state index contributed by atoms with van der Waals surface area (Å²) in [6.45, 7) is 2.51. The van der Waals surface area contributed by atoms with Crippen LogP contribution in [0, 0.1) is 0 Å². The van der Waals surface area contributed by atoms with Crippen LogP contribution in [0.25, 0.3) is 0 Å². The molecule has 0 unspecified atom stereocenters. The third-order valence-corrected chi connectivity index (χ3v) is 1.01. The van der Waals surface area contributed by atoms with Crippen molar-refractivity contribution < 1.29 is 14.7 Å². The van der Waals surface area contributed by atoms with E-state index >= 15 is 0 Å². The van der Waals surface area contributed by atoms with E-state index in [0.717, 1.165) is 19.3 Å². The van der Waals surface area contributed by atoms with E-state index in [0.29, 0.717) is 6.61 Å². The Hall–Kier alpha value is -0.0551. The number of hydrogen-bond acceptors (Lipinski definition) is 3. The topological polar surface area (TPSA) is 49.7 Å². The summed E-state index contributed by atoms with van der Waals surface area (Å²) >= 11 is 0. The Labute approximate surface area is 55.8 Å². The molecule has 0 amide bonds. The second-order valence-electron chi connectivity index (χ2n) is 1.90. The molecule has 0 aliphatic rings. The molecule has 0 aromatic carbocycles. The van der Waals surface area contributed by atoms with Crippen LogP contribution in [-0.4, -0.2) is 24.0 Å². The lowest BCUT2D eigenvalue weighted by atomic mass is 10.2. The van der Waals surface area contributed by atoms with Gasteiger partial charge in [0, 0.05) is 6.61 Å². The van der Waals surface area contributed by atoms with Gasteiger partial charge in [-0.25, -0.2) is 0 Å². The smallest absolute Gasteiger partial charge is 0.402 e. The van der Waals surface area contributed by atoms with Crippen LogP contribution in [0.3, 0.4) is 0 Å². The van der Waals surface area contributed by atoms with Gasteiger partial charge in [0.1, 0.15) is 0 Å². The van der Waals surface area contributed by atoms with Crippen molar-refractivity contribution in [1.82, 2.24) is 0 Å². The first kappa shape index (κ1) is 8.94. The van der Waals surface area contributed by atoms with Gasteiger partial charge in [-0.05, 0) is 6.42 Å². The zero-order valence-corrected chi connectivity index (χ0v) is 5.71. The Morgan fingerprint density at radius 3 is 2.44 bits per heavy atom. The zero-order chi connectivity index (χ0) is 7.11. The third kappa shape index (κ3) is 7.94. The fraction of sp³-hybridized carbons (Fsp3) is 1.00. The molecule has 0 aromatic rings. The first-order chi connectivity index (χ1) is 4.27. The van der Waals surface area contributed by atoms with E-state index in [9.17, 15) is 0 Å². The molecule has 0 spiro atoms. The van der Waals surface area contributed by atoms with Crippen molar-refractivity contribution in [2.75, 3.05) is 6.61 Å². The van der Waals surface area contributed by atoms with E-state index in [2.05, 4.69) is 11.6 Å². The van der Waals surface area contributed by atoms with Gasteiger partial charge in [-0.3, -0.25) is 0 Å². The molecule has 0 rings (SSSR count). The first-order valence-corrected chi connectivity index (χ1v) is 3.25. The molecule has 0 saturated heterocycles. The Kier molecular flexibility index (Phi) is 6.03. The molecule has 0 aromatic heterocycles. The minimum atomic E-state index is -1.60. The van der Waals surface area contributed by atoms with Crippen LogP contribution >= 0.6 is 0 Å². The predicted octanol–water partition coefficient (Wildman–Crippen LogP) is 0.163. The van der Waals surface area contributed by atoms with Crippen LogP contribution in [-0.2, 0) is 4.65 Å². The molecule has 0 fully saturated rings. The molecule has 0 aliphatic heterocycles. The average molecular weight is 132 g/mol. The van der Waals surface area contributed by atoms with Crippen LogP contribution in [0.5, 0.6) is 0 Å². The molecule has 4 heteroatoms. The van der Waals surface area contributed by atoms with Crippen molar-refractivity contribution in [3.63, 3.8) is 0 Å². The summed E-state index contributed by atoms with van der Waals surface area (Å²) in [5, 5.41) is 16.4. The van der Waals surface area contributed by atoms with Crippen molar-refractivity contribution in [1.29, 1.82) is 0 Å². The summed E-state index contributed by atoms with van der Waals surface area (Å²) in [4.78, 5) is 0. The lowest BCUT2D eigenvalue weighted by Crippen LogP contribution is -2.17. The lowest BCUT2D eigenvalue weighted by Gasteiger charge is -1.99. The third-order valence-electron chi connectivity index (χ3n) is 1.01. The molecule has 9 heavy (non-hydrogen) atoms. The van der Waals surface area contributed by atoms with Gasteiger partial charge in [0.25, 0.3) is 0 Å². The molecule has 3 nitrogen and oxygen atoms in total. The van der Waals surface area contributed by atoms with E-state index in [4.69, 9.17) is 10.0 Å². The average Bonchev–Trinajstić information content (AvgIpc) is 1.80. The highest BCUT2D eigenvalue weighted by Crippen LogP contribution is 1.93. The molecule has 0 aliphatic carbocycles. The van der Waals surface area contributed by atoms with Crippen molar-refractivity contribution in [2.24, 2.45) is 0 Å². The van der Waals surface area contributed by atoms with Gasteiger partial charge >= 0.3 is 7.32 Å². The fourth-order valence-electron chi connectivity index (χ4n) is 0.541. The van der Waals surface area contributed by atoms with Gasteiger partial charge in [0.05, 0.1) is 0 Å². The van der Waals surface area contributed by atoms with Gasteiger partial charge < -0.3 is 14.7 Å². The van der Waals surface area contributed by atoms with Crippen molar-refractivity contribution in [3.8, 4) is 0 Å². The van der Waals surface area contributed by atoms with E-state index < -0.39 is 7.32 Å². The summed E-state index contributed by atoms with van der Waals surface area (Å²) in [5.74, 6) is 0.